The Labute approximate surface area is 107 Å². The number of hydrogen-bond acceptors (Lipinski definition) is 3. The predicted molar refractivity (Wildman–Crippen MR) is 70.3 cm³/mol. The van der Waals surface area contributed by atoms with Gasteiger partial charge in [0, 0.05) is 31.6 Å². The number of aryl methyl sites for hydroxylation is 1. The number of Topliss-reactive ketones (excluding diaryl/α,β-unsaturated/α-hetero) is 1. The molecular weight excluding hydrogens is 228 g/mol. The Hall–Kier alpha value is -1.68. The highest BCUT2D eigenvalue weighted by Gasteiger charge is 2.23. The maximum Gasteiger partial charge on any atom is 0.227 e. The normalized spacial score (nSPS) is 14.6. The van der Waals surface area contributed by atoms with Crippen LogP contribution >= 0.6 is 0 Å². The van der Waals surface area contributed by atoms with Crippen molar-refractivity contribution in [3.05, 3.63) is 29.3 Å². The highest BCUT2D eigenvalue weighted by molar-refractivity contribution is 5.97. The lowest BCUT2D eigenvalue weighted by Gasteiger charge is -2.29. The summed E-state index contributed by atoms with van der Waals surface area (Å²) >= 11 is 0. The van der Waals surface area contributed by atoms with Crippen LogP contribution in [0.2, 0.25) is 0 Å². The Morgan fingerprint density at radius 2 is 2.17 bits per heavy atom. The molecule has 96 valence electrons. The fourth-order valence-electron chi connectivity index (χ4n) is 2.25. The van der Waals surface area contributed by atoms with Gasteiger partial charge in [0.25, 0.3) is 0 Å². The second-order valence-corrected chi connectivity index (χ2v) is 4.66. The van der Waals surface area contributed by atoms with Crippen molar-refractivity contribution in [2.24, 2.45) is 5.73 Å². The molecule has 0 spiro atoms. The van der Waals surface area contributed by atoms with Crippen molar-refractivity contribution in [3.63, 3.8) is 0 Å². The third-order valence-electron chi connectivity index (χ3n) is 3.27. The van der Waals surface area contributed by atoms with Gasteiger partial charge in [-0.3, -0.25) is 9.59 Å². The number of nitrogens with two attached hydrogens (primary N) is 1. The van der Waals surface area contributed by atoms with E-state index in [1.54, 1.807) is 11.8 Å². The zero-order valence-corrected chi connectivity index (χ0v) is 10.6. The number of ketones is 1. The molecule has 0 unspecified atom stereocenters. The van der Waals surface area contributed by atoms with Gasteiger partial charge in [0.05, 0.1) is 0 Å². The minimum absolute atomic E-state index is 0.101. The number of amides is 1. The molecule has 0 aliphatic carbocycles. The summed E-state index contributed by atoms with van der Waals surface area (Å²) in [5, 5.41) is 0. The van der Waals surface area contributed by atoms with Gasteiger partial charge in [0.2, 0.25) is 5.91 Å². The van der Waals surface area contributed by atoms with Gasteiger partial charge in [-0.05, 0) is 30.5 Å². The summed E-state index contributed by atoms with van der Waals surface area (Å²) < 4.78 is 0. The molecule has 1 aliphatic heterocycles. The third kappa shape index (κ3) is 2.59. The Balaban J connectivity index is 2.26. The molecule has 0 atom stereocenters. The number of carbonyl (C=O) groups is 2. The van der Waals surface area contributed by atoms with Crippen LogP contribution in [0.25, 0.3) is 0 Å². The van der Waals surface area contributed by atoms with Gasteiger partial charge in [0.15, 0.2) is 0 Å². The van der Waals surface area contributed by atoms with E-state index < -0.39 is 0 Å². The van der Waals surface area contributed by atoms with Crippen LogP contribution in [0, 0.1) is 0 Å². The zero-order chi connectivity index (χ0) is 13.1. The number of anilines is 1. The molecule has 0 fully saturated rings. The molecule has 4 nitrogen and oxygen atoms in total. The fourth-order valence-corrected chi connectivity index (χ4v) is 2.25. The molecule has 1 aromatic carbocycles. The summed E-state index contributed by atoms with van der Waals surface area (Å²) in [5.74, 6) is 0.206. The Morgan fingerprint density at radius 1 is 1.39 bits per heavy atom. The number of fused-ring (bicyclic) bond motifs is 1. The molecule has 1 aliphatic rings. The quantitative estimate of drug-likeness (QED) is 0.873. The number of benzene rings is 1. The average Bonchev–Trinajstić information content (AvgIpc) is 2.36. The van der Waals surface area contributed by atoms with Crippen molar-refractivity contribution >= 4 is 17.4 Å². The van der Waals surface area contributed by atoms with Gasteiger partial charge in [0.1, 0.15) is 5.78 Å². The molecule has 2 rings (SSSR count). The molecule has 0 aromatic heterocycles. The van der Waals surface area contributed by atoms with E-state index in [-0.39, 0.29) is 11.7 Å². The first-order valence-corrected chi connectivity index (χ1v) is 6.23. The Bertz CT molecular complexity index is 483. The predicted octanol–water partition coefficient (Wildman–Crippen LogP) is 1.40. The lowest BCUT2D eigenvalue weighted by Crippen LogP contribution is -2.36. The fraction of sp³-hybridized carbons (Fsp3) is 0.429. The van der Waals surface area contributed by atoms with Crippen molar-refractivity contribution in [2.75, 3.05) is 11.4 Å². The molecule has 1 heterocycles. The lowest BCUT2D eigenvalue weighted by atomic mass is 9.98. The van der Waals surface area contributed by atoms with Crippen molar-refractivity contribution in [2.45, 2.75) is 32.7 Å². The topological polar surface area (TPSA) is 63.4 Å². The molecule has 4 heteroatoms. The molecule has 0 saturated carbocycles. The minimum atomic E-state index is 0.101. The van der Waals surface area contributed by atoms with Crippen LogP contribution in [-0.4, -0.2) is 18.2 Å². The van der Waals surface area contributed by atoms with Gasteiger partial charge < -0.3 is 10.6 Å². The van der Waals surface area contributed by atoms with E-state index in [4.69, 9.17) is 5.73 Å². The van der Waals surface area contributed by atoms with E-state index in [9.17, 15) is 9.59 Å². The second-order valence-electron chi connectivity index (χ2n) is 4.66. The highest BCUT2D eigenvalue weighted by atomic mass is 16.2. The van der Waals surface area contributed by atoms with E-state index in [1.165, 1.54) is 0 Å². The summed E-state index contributed by atoms with van der Waals surface area (Å²) in [6.45, 7) is 2.53. The molecule has 0 saturated heterocycles. The van der Waals surface area contributed by atoms with E-state index in [1.807, 2.05) is 12.1 Å². The van der Waals surface area contributed by atoms with Crippen LogP contribution in [0.1, 0.15) is 30.9 Å². The minimum Gasteiger partial charge on any atom is -0.326 e. The van der Waals surface area contributed by atoms with Crippen LogP contribution in [0.5, 0.6) is 0 Å². The van der Waals surface area contributed by atoms with Crippen molar-refractivity contribution < 1.29 is 9.59 Å². The van der Waals surface area contributed by atoms with Crippen LogP contribution in [0.15, 0.2) is 18.2 Å². The summed E-state index contributed by atoms with van der Waals surface area (Å²) in [5.41, 5.74) is 8.79. The molecule has 0 radical (unpaired) electrons. The first-order valence-electron chi connectivity index (χ1n) is 6.23. The van der Waals surface area contributed by atoms with Crippen molar-refractivity contribution in [3.8, 4) is 0 Å². The smallest absolute Gasteiger partial charge is 0.227 e. The maximum absolute atomic E-state index is 11.9. The van der Waals surface area contributed by atoms with Crippen LogP contribution in [0.4, 0.5) is 5.69 Å². The lowest BCUT2D eigenvalue weighted by molar-refractivity contribution is -0.119. The highest BCUT2D eigenvalue weighted by Crippen LogP contribution is 2.28. The molecule has 1 amide bonds. The number of hydrogen-bond donors (Lipinski definition) is 1. The van der Waals surface area contributed by atoms with E-state index in [2.05, 4.69) is 6.07 Å². The maximum atomic E-state index is 11.9. The van der Waals surface area contributed by atoms with Gasteiger partial charge in [-0.2, -0.15) is 0 Å². The molecular formula is C14H18N2O2. The van der Waals surface area contributed by atoms with Crippen LogP contribution in [-0.2, 0) is 22.6 Å². The Morgan fingerprint density at radius 3 is 2.83 bits per heavy atom. The first-order chi connectivity index (χ1) is 8.61. The average molecular weight is 246 g/mol. The summed E-state index contributed by atoms with van der Waals surface area (Å²) in [4.78, 5) is 24.7. The number of nitrogens with zero attached hydrogens (tertiary/aromatic N) is 1. The van der Waals surface area contributed by atoms with Crippen LogP contribution in [0.3, 0.4) is 0 Å². The zero-order valence-electron chi connectivity index (χ0n) is 10.6. The van der Waals surface area contributed by atoms with Gasteiger partial charge in [-0.1, -0.05) is 12.1 Å². The monoisotopic (exact) mass is 246 g/mol. The number of carbonyl (C=O) groups excluding carboxylic acids is 2. The molecule has 18 heavy (non-hydrogen) atoms. The summed E-state index contributed by atoms with van der Waals surface area (Å²) in [6, 6.07) is 5.94. The molecule has 0 bridgehead atoms. The van der Waals surface area contributed by atoms with Gasteiger partial charge >= 0.3 is 0 Å². The Kier molecular flexibility index (Phi) is 3.77. The second kappa shape index (κ2) is 5.31. The van der Waals surface area contributed by atoms with Gasteiger partial charge in [-0.15, -0.1) is 0 Å². The molecule has 2 N–H and O–H groups in total. The van der Waals surface area contributed by atoms with Crippen molar-refractivity contribution in [1.29, 1.82) is 0 Å². The van der Waals surface area contributed by atoms with Crippen LogP contribution < -0.4 is 10.6 Å². The third-order valence-corrected chi connectivity index (χ3v) is 3.27. The molecule has 1 aromatic rings. The van der Waals surface area contributed by atoms with E-state index in [0.29, 0.717) is 25.9 Å². The van der Waals surface area contributed by atoms with E-state index in [0.717, 1.165) is 23.2 Å². The largest absolute Gasteiger partial charge is 0.326 e. The first kappa shape index (κ1) is 12.8. The van der Waals surface area contributed by atoms with E-state index >= 15 is 0 Å². The summed E-state index contributed by atoms with van der Waals surface area (Å²) in [6.07, 6.45) is 1.68. The SMILES string of the molecule is CC(=O)CCN1C(=O)CCc2cc(CN)ccc21. The standard InChI is InChI=1S/C14H18N2O2/c1-10(17)6-7-16-13-4-2-11(9-15)8-12(13)3-5-14(16)18/h2,4,8H,3,5-7,9,15H2,1H3. The van der Waals surface area contributed by atoms with Gasteiger partial charge in [-0.25, -0.2) is 0 Å². The summed E-state index contributed by atoms with van der Waals surface area (Å²) in [7, 11) is 0. The van der Waals surface area contributed by atoms with Crippen molar-refractivity contribution in [1.82, 2.24) is 0 Å². The number of rotatable bonds is 4.